The maximum atomic E-state index is 12.7. The number of amides is 1. The molecule has 0 saturated carbocycles. The van der Waals surface area contributed by atoms with Crippen LogP contribution in [0.1, 0.15) is 22.3 Å². The molecule has 2 nitrogen and oxygen atoms in total. The third kappa shape index (κ3) is 4.59. The van der Waals surface area contributed by atoms with Gasteiger partial charge in [0.25, 0.3) is 0 Å². The lowest BCUT2D eigenvalue weighted by Crippen LogP contribution is -2.05. The molecule has 2 N–H and O–H groups in total. The highest BCUT2D eigenvalue weighted by atomic mass is 19.4. The zero-order chi connectivity index (χ0) is 17.7. The molecule has 0 bridgehead atoms. The molecule has 0 unspecified atom stereocenters. The molecule has 2 aromatic carbocycles. The summed E-state index contributed by atoms with van der Waals surface area (Å²) in [6, 6.07) is 12.5. The SMILES string of the molecule is Cc1ccc(C(=CC=CC(N)=O)c2ccc(C(F)(F)F)cc2)cc1. The van der Waals surface area contributed by atoms with Gasteiger partial charge in [-0.1, -0.05) is 54.1 Å². The highest BCUT2D eigenvalue weighted by molar-refractivity contribution is 5.87. The minimum atomic E-state index is -4.38. The number of hydrogen-bond acceptors (Lipinski definition) is 1. The van der Waals surface area contributed by atoms with Crippen LogP contribution in [-0.4, -0.2) is 5.91 Å². The van der Waals surface area contributed by atoms with Crippen LogP contribution in [-0.2, 0) is 11.0 Å². The molecule has 0 heterocycles. The second-order valence-corrected chi connectivity index (χ2v) is 5.28. The Kier molecular flexibility index (Phi) is 5.24. The maximum Gasteiger partial charge on any atom is 0.416 e. The van der Waals surface area contributed by atoms with Crippen molar-refractivity contribution < 1.29 is 18.0 Å². The molecule has 0 saturated heterocycles. The van der Waals surface area contributed by atoms with Crippen molar-refractivity contribution in [2.24, 2.45) is 5.73 Å². The summed E-state index contributed by atoms with van der Waals surface area (Å²) < 4.78 is 38.1. The molecule has 1 amide bonds. The van der Waals surface area contributed by atoms with Crippen LogP contribution in [0.5, 0.6) is 0 Å². The number of aryl methyl sites for hydroxylation is 1. The lowest BCUT2D eigenvalue weighted by Gasteiger charge is -2.11. The first kappa shape index (κ1) is 17.5. The van der Waals surface area contributed by atoms with E-state index in [1.54, 1.807) is 6.08 Å². The van der Waals surface area contributed by atoms with Crippen LogP contribution in [0.3, 0.4) is 0 Å². The predicted molar refractivity (Wildman–Crippen MR) is 88.0 cm³/mol. The van der Waals surface area contributed by atoms with Crippen LogP contribution >= 0.6 is 0 Å². The Morgan fingerprint density at radius 3 is 1.92 bits per heavy atom. The first-order valence-corrected chi connectivity index (χ1v) is 7.20. The van der Waals surface area contributed by atoms with Crippen molar-refractivity contribution in [1.82, 2.24) is 0 Å². The molecule has 0 aliphatic carbocycles. The van der Waals surface area contributed by atoms with E-state index in [1.807, 2.05) is 31.2 Å². The molecule has 0 aliphatic heterocycles. The zero-order valence-corrected chi connectivity index (χ0v) is 13.0. The molecule has 0 spiro atoms. The number of carbonyl (C=O) groups excluding carboxylic acids is 1. The number of primary amides is 1. The van der Waals surface area contributed by atoms with Gasteiger partial charge in [-0.05, 0) is 35.8 Å². The standard InChI is InChI=1S/C19H16F3NO/c1-13-5-7-14(8-6-13)17(3-2-4-18(23)24)15-9-11-16(12-10-15)19(20,21)22/h2-12H,1H3,(H2,23,24). The molecular formula is C19H16F3NO. The van der Waals surface area contributed by atoms with Crippen LogP contribution in [0.15, 0.2) is 66.8 Å². The fourth-order valence-electron chi connectivity index (χ4n) is 2.17. The molecule has 2 rings (SSSR count). The largest absolute Gasteiger partial charge is 0.416 e. The second-order valence-electron chi connectivity index (χ2n) is 5.28. The zero-order valence-electron chi connectivity index (χ0n) is 13.0. The topological polar surface area (TPSA) is 43.1 Å². The van der Waals surface area contributed by atoms with E-state index < -0.39 is 17.6 Å². The van der Waals surface area contributed by atoms with Crippen molar-refractivity contribution in [1.29, 1.82) is 0 Å². The Morgan fingerprint density at radius 2 is 1.46 bits per heavy atom. The lowest BCUT2D eigenvalue weighted by molar-refractivity contribution is -0.137. The molecule has 124 valence electrons. The number of benzene rings is 2. The van der Waals surface area contributed by atoms with Gasteiger partial charge in [0.05, 0.1) is 5.56 Å². The van der Waals surface area contributed by atoms with Crippen LogP contribution in [0.25, 0.3) is 5.57 Å². The van der Waals surface area contributed by atoms with Crippen LogP contribution in [0, 0.1) is 6.92 Å². The summed E-state index contributed by atoms with van der Waals surface area (Å²) in [5, 5.41) is 0. The Morgan fingerprint density at radius 1 is 0.958 bits per heavy atom. The molecule has 24 heavy (non-hydrogen) atoms. The minimum Gasteiger partial charge on any atom is -0.366 e. The van der Waals surface area contributed by atoms with Crippen LogP contribution < -0.4 is 5.73 Å². The van der Waals surface area contributed by atoms with E-state index in [0.29, 0.717) is 11.1 Å². The molecule has 0 aliphatic rings. The Bertz CT molecular complexity index is 770. The maximum absolute atomic E-state index is 12.7. The van der Waals surface area contributed by atoms with Crippen molar-refractivity contribution in [3.8, 4) is 0 Å². The van der Waals surface area contributed by atoms with Gasteiger partial charge in [0.1, 0.15) is 0 Å². The van der Waals surface area contributed by atoms with Gasteiger partial charge in [-0.3, -0.25) is 4.79 Å². The monoisotopic (exact) mass is 331 g/mol. The van der Waals surface area contributed by atoms with E-state index in [1.165, 1.54) is 24.3 Å². The van der Waals surface area contributed by atoms with Gasteiger partial charge in [-0.15, -0.1) is 0 Å². The number of allylic oxidation sites excluding steroid dienone is 2. The summed E-state index contributed by atoms with van der Waals surface area (Å²) >= 11 is 0. The third-order valence-electron chi connectivity index (χ3n) is 3.41. The smallest absolute Gasteiger partial charge is 0.366 e. The first-order chi connectivity index (χ1) is 11.3. The highest BCUT2D eigenvalue weighted by Gasteiger charge is 2.30. The average molecular weight is 331 g/mol. The van der Waals surface area contributed by atoms with Gasteiger partial charge in [-0.25, -0.2) is 0 Å². The van der Waals surface area contributed by atoms with Gasteiger partial charge >= 0.3 is 6.18 Å². The van der Waals surface area contributed by atoms with E-state index in [2.05, 4.69) is 0 Å². The van der Waals surface area contributed by atoms with E-state index in [4.69, 9.17) is 5.73 Å². The summed E-state index contributed by atoms with van der Waals surface area (Å²) in [6.45, 7) is 1.94. The summed E-state index contributed by atoms with van der Waals surface area (Å²) in [5.74, 6) is -0.595. The van der Waals surface area contributed by atoms with E-state index >= 15 is 0 Å². The summed E-state index contributed by atoms with van der Waals surface area (Å²) in [5.41, 5.74) is 7.56. The van der Waals surface area contributed by atoms with E-state index in [0.717, 1.165) is 23.3 Å². The summed E-state index contributed by atoms with van der Waals surface area (Å²) in [6.07, 6.45) is -0.0520. The van der Waals surface area contributed by atoms with Crippen molar-refractivity contribution in [3.05, 3.63) is 89.0 Å². The molecule has 0 aromatic heterocycles. The summed E-state index contributed by atoms with van der Waals surface area (Å²) in [4.78, 5) is 10.8. The fourth-order valence-corrected chi connectivity index (χ4v) is 2.17. The van der Waals surface area contributed by atoms with Gasteiger partial charge in [0.2, 0.25) is 5.91 Å². The number of carbonyl (C=O) groups is 1. The van der Waals surface area contributed by atoms with Gasteiger partial charge < -0.3 is 5.73 Å². The molecule has 5 heteroatoms. The van der Waals surface area contributed by atoms with Crippen LogP contribution in [0.2, 0.25) is 0 Å². The minimum absolute atomic E-state index is 0.595. The van der Waals surface area contributed by atoms with Gasteiger partial charge in [-0.2, -0.15) is 13.2 Å². The van der Waals surface area contributed by atoms with E-state index in [-0.39, 0.29) is 0 Å². The molecule has 0 fully saturated rings. The molecular weight excluding hydrogens is 315 g/mol. The quantitative estimate of drug-likeness (QED) is 0.651. The van der Waals surface area contributed by atoms with Crippen molar-refractivity contribution >= 4 is 11.5 Å². The Labute approximate surface area is 138 Å². The van der Waals surface area contributed by atoms with Crippen molar-refractivity contribution in [3.63, 3.8) is 0 Å². The van der Waals surface area contributed by atoms with Crippen LogP contribution in [0.4, 0.5) is 13.2 Å². The van der Waals surface area contributed by atoms with Crippen molar-refractivity contribution in [2.45, 2.75) is 13.1 Å². The van der Waals surface area contributed by atoms with Gasteiger partial charge in [0, 0.05) is 6.08 Å². The van der Waals surface area contributed by atoms with Crippen molar-refractivity contribution in [2.75, 3.05) is 0 Å². The Hall–Kier alpha value is -2.82. The molecule has 2 aromatic rings. The third-order valence-corrected chi connectivity index (χ3v) is 3.41. The van der Waals surface area contributed by atoms with Gasteiger partial charge in [0.15, 0.2) is 0 Å². The first-order valence-electron chi connectivity index (χ1n) is 7.20. The van der Waals surface area contributed by atoms with E-state index in [9.17, 15) is 18.0 Å². The number of alkyl halides is 3. The lowest BCUT2D eigenvalue weighted by atomic mass is 9.96. The number of rotatable bonds is 4. The Balaban J connectivity index is 2.46. The predicted octanol–water partition coefficient (Wildman–Crippen LogP) is 4.49. The fraction of sp³-hybridized carbons (Fsp3) is 0.105. The number of hydrogen-bond donors (Lipinski definition) is 1. The average Bonchev–Trinajstić information content (AvgIpc) is 2.52. The molecule has 0 radical (unpaired) electrons. The highest BCUT2D eigenvalue weighted by Crippen LogP contribution is 2.31. The number of halogens is 3. The summed E-state index contributed by atoms with van der Waals surface area (Å²) in [7, 11) is 0. The molecule has 0 atom stereocenters. The normalized spacial score (nSPS) is 12.6. The second kappa shape index (κ2) is 7.17. The number of nitrogens with two attached hydrogens (primary N) is 1.